The first-order valence-corrected chi connectivity index (χ1v) is 7.38. The van der Waals surface area contributed by atoms with E-state index in [2.05, 4.69) is 22.1 Å². The molecule has 1 fully saturated rings. The Bertz CT molecular complexity index is 588. The van der Waals surface area contributed by atoms with Gasteiger partial charge < -0.3 is 14.2 Å². The number of aromatic nitrogens is 2. The Balaban J connectivity index is 2.00. The van der Waals surface area contributed by atoms with Crippen LogP contribution < -0.4 is 0 Å². The zero-order chi connectivity index (χ0) is 13.4. The maximum absolute atomic E-state index is 9.74. The molecule has 0 saturated carbocycles. The van der Waals surface area contributed by atoms with Gasteiger partial charge in [0.25, 0.3) is 0 Å². The predicted octanol–water partition coefficient (Wildman–Crippen LogP) is 3.04. The topological polar surface area (TPSA) is 46.8 Å². The molecule has 4 nitrogen and oxygen atoms in total. The summed E-state index contributed by atoms with van der Waals surface area (Å²) in [5, 5.41) is 9.74. The summed E-state index contributed by atoms with van der Waals surface area (Å²) in [4.78, 5) is 4.70. The van der Waals surface area contributed by atoms with Crippen molar-refractivity contribution in [3.63, 3.8) is 0 Å². The van der Waals surface area contributed by atoms with Crippen LogP contribution in [0.4, 0.5) is 0 Å². The van der Waals surface area contributed by atoms with E-state index in [0.29, 0.717) is 5.92 Å². The van der Waals surface area contributed by atoms with Gasteiger partial charge >= 0.3 is 0 Å². The van der Waals surface area contributed by atoms with Gasteiger partial charge in [-0.05, 0) is 47.3 Å². The second-order valence-electron chi connectivity index (χ2n) is 5.07. The van der Waals surface area contributed by atoms with Crippen molar-refractivity contribution in [2.75, 3.05) is 13.2 Å². The fourth-order valence-corrected chi connectivity index (χ4v) is 3.22. The number of aliphatic hydroxyl groups is 1. The van der Waals surface area contributed by atoms with Crippen LogP contribution in [0.25, 0.3) is 5.65 Å². The Morgan fingerprint density at radius 1 is 1.42 bits per heavy atom. The average Bonchev–Trinajstić information content (AvgIpc) is 2.81. The van der Waals surface area contributed by atoms with E-state index in [1.807, 2.05) is 16.7 Å². The van der Waals surface area contributed by atoms with Crippen molar-refractivity contribution in [3.05, 3.63) is 34.2 Å². The largest absolute Gasteiger partial charge is 0.389 e. The van der Waals surface area contributed by atoms with Gasteiger partial charge in [-0.2, -0.15) is 0 Å². The molecule has 0 bridgehead atoms. The maximum Gasteiger partial charge on any atom is 0.137 e. The summed E-state index contributed by atoms with van der Waals surface area (Å²) in [6, 6.07) is 1.94. The summed E-state index contributed by atoms with van der Waals surface area (Å²) < 4.78 is 8.31. The van der Waals surface area contributed by atoms with E-state index in [1.54, 1.807) is 6.92 Å². The van der Waals surface area contributed by atoms with E-state index in [-0.39, 0.29) is 0 Å². The van der Waals surface area contributed by atoms with E-state index in [9.17, 15) is 5.11 Å². The lowest BCUT2D eigenvalue weighted by atomic mass is 9.97. The molecule has 1 saturated heterocycles. The van der Waals surface area contributed by atoms with Crippen molar-refractivity contribution in [2.45, 2.75) is 31.8 Å². The van der Waals surface area contributed by atoms with E-state index in [4.69, 9.17) is 9.72 Å². The second-order valence-corrected chi connectivity index (χ2v) is 5.92. The van der Waals surface area contributed by atoms with Gasteiger partial charge in [-0.25, -0.2) is 4.98 Å². The van der Waals surface area contributed by atoms with Crippen LogP contribution >= 0.6 is 15.9 Å². The fraction of sp³-hybridized carbons (Fsp3) is 0.500. The molecule has 5 heteroatoms. The van der Waals surface area contributed by atoms with Crippen LogP contribution in [0.15, 0.2) is 22.9 Å². The van der Waals surface area contributed by atoms with Crippen molar-refractivity contribution in [1.82, 2.24) is 9.38 Å². The number of hydrogen-bond acceptors (Lipinski definition) is 3. The Kier molecular flexibility index (Phi) is 3.60. The van der Waals surface area contributed by atoms with Gasteiger partial charge in [-0.1, -0.05) is 0 Å². The molecule has 0 amide bonds. The minimum Gasteiger partial charge on any atom is -0.389 e. The van der Waals surface area contributed by atoms with Crippen LogP contribution in [0.5, 0.6) is 0 Å². The highest BCUT2D eigenvalue weighted by molar-refractivity contribution is 9.10. The summed E-state index contributed by atoms with van der Waals surface area (Å²) >= 11 is 3.49. The number of fused-ring (bicyclic) bond motifs is 1. The van der Waals surface area contributed by atoms with Gasteiger partial charge in [0.2, 0.25) is 0 Å². The number of imidazole rings is 1. The molecule has 2 aromatic heterocycles. The first-order valence-electron chi connectivity index (χ1n) is 6.59. The summed E-state index contributed by atoms with van der Waals surface area (Å²) in [7, 11) is 0. The number of halogens is 1. The predicted molar refractivity (Wildman–Crippen MR) is 76.3 cm³/mol. The van der Waals surface area contributed by atoms with Crippen molar-refractivity contribution < 1.29 is 9.84 Å². The molecule has 1 aliphatic rings. The van der Waals surface area contributed by atoms with Gasteiger partial charge in [0.1, 0.15) is 5.65 Å². The highest BCUT2D eigenvalue weighted by Crippen LogP contribution is 2.29. The van der Waals surface area contributed by atoms with E-state index in [1.165, 1.54) is 0 Å². The third-order valence-electron chi connectivity index (χ3n) is 3.68. The highest BCUT2D eigenvalue weighted by Gasteiger charge is 2.19. The molecular formula is C14H17BrN2O2. The lowest BCUT2D eigenvalue weighted by Crippen LogP contribution is -2.14. The third kappa shape index (κ3) is 2.55. The summed E-state index contributed by atoms with van der Waals surface area (Å²) in [6.45, 7) is 3.40. The number of pyridine rings is 1. The summed E-state index contributed by atoms with van der Waals surface area (Å²) in [5.41, 5.74) is 2.88. The first kappa shape index (κ1) is 13.1. The van der Waals surface area contributed by atoms with Crippen molar-refractivity contribution >= 4 is 21.6 Å². The number of hydrogen-bond donors (Lipinski definition) is 1. The standard InChI is InChI=1S/C14H17BrN2O2/c1-9(18)11-6-14-16-13(8-17(14)7-12(11)15)10-2-4-19-5-3-10/h6-10,18H,2-5H2,1H3. The zero-order valence-electron chi connectivity index (χ0n) is 10.8. The third-order valence-corrected chi connectivity index (χ3v) is 4.34. The molecule has 3 rings (SSSR count). The lowest BCUT2D eigenvalue weighted by Gasteiger charge is -2.19. The minimum absolute atomic E-state index is 0.488. The quantitative estimate of drug-likeness (QED) is 0.923. The molecule has 0 spiro atoms. The van der Waals surface area contributed by atoms with Crippen molar-refractivity contribution in [2.24, 2.45) is 0 Å². The first-order chi connectivity index (χ1) is 9.15. The molecule has 0 aromatic carbocycles. The van der Waals surface area contributed by atoms with Gasteiger partial charge in [0, 0.05) is 36.0 Å². The van der Waals surface area contributed by atoms with Crippen LogP contribution in [-0.4, -0.2) is 27.7 Å². The van der Waals surface area contributed by atoms with Crippen LogP contribution in [0.3, 0.4) is 0 Å². The van der Waals surface area contributed by atoms with Crippen molar-refractivity contribution in [3.8, 4) is 0 Å². The SMILES string of the molecule is CC(O)c1cc2nc(C3CCOCC3)cn2cc1Br. The molecule has 1 N–H and O–H groups in total. The smallest absolute Gasteiger partial charge is 0.137 e. The molecule has 1 aliphatic heterocycles. The Morgan fingerprint density at radius 3 is 2.84 bits per heavy atom. The normalized spacial score (nSPS) is 18.9. The van der Waals surface area contributed by atoms with Gasteiger partial charge in [-0.3, -0.25) is 0 Å². The van der Waals surface area contributed by atoms with E-state index < -0.39 is 6.10 Å². The van der Waals surface area contributed by atoms with Crippen LogP contribution in [0.1, 0.15) is 43.0 Å². The van der Waals surface area contributed by atoms with Crippen LogP contribution in [-0.2, 0) is 4.74 Å². The number of aliphatic hydroxyl groups excluding tert-OH is 1. The summed E-state index contributed by atoms with van der Waals surface area (Å²) in [6.07, 6.45) is 5.63. The molecule has 19 heavy (non-hydrogen) atoms. The molecule has 1 atom stereocenters. The Labute approximate surface area is 120 Å². The van der Waals surface area contributed by atoms with E-state index in [0.717, 1.165) is 47.4 Å². The Hall–Kier alpha value is -0.910. The molecule has 1 unspecified atom stereocenters. The Morgan fingerprint density at radius 2 is 2.16 bits per heavy atom. The number of nitrogens with zero attached hydrogens (tertiary/aromatic N) is 2. The summed E-state index contributed by atoms with van der Waals surface area (Å²) in [5.74, 6) is 0.488. The second kappa shape index (κ2) is 5.23. The van der Waals surface area contributed by atoms with Crippen LogP contribution in [0, 0.1) is 0 Å². The fourth-order valence-electron chi connectivity index (χ4n) is 2.55. The van der Waals surface area contributed by atoms with Gasteiger partial charge in [-0.15, -0.1) is 0 Å². The molecule has 3 heterocycles. The lowest BCUT2D eigenvalue weighted by molar-refractivity contribution is 0.0846. The monoisotopic (exact) mass is 324 g/mol. The molecule has 0 radical (unpaired) electrons. The molecule has 0 aliphatic carbocycles. The molecule has 102 valence electrons. The number of ether oxygens (including phenoxy) is 1. The van der Waals surface area contributed by atoms with Gasteiger partial charge in [0.15, 0.2) is 0 Å². The minimum atomic E-state index is -0.498. The van der Waals surface area contributed by atoms with Crippen molar-refractivity contribution in [1.29, 1.82) is 0 Å². The number of rotatable bonds is 2. The molecular weight excluding hydrogens is 308 g/mol. The highest BCUT2D eigenvalue weighted by atomic mass is 79.9. The maximum atomic E-state index is 9.74. The average molecular weight is 325 g/mol. The zero-order valence-corrected chi connectivity index (χ0v) is 12.4. The van der Waals surface area contributed by atoms with Crippen LogP contribution in [0.2, 0.25) is 0 Å². The van der Waals surface area contributed by atoms with E-state index >= 15 is 0 Å². The molecule has 2 aromatic rings. The van der Waals surface area contributed by atoms with Gasteiger partial charge in [0.05, 0.1) is 11.8 Å².